The van der Waals surface area contributed by atoms with Gasteiger partial charge in [-0.15, -0.1) is 0 Å². The van der Waals surface area contributed by atoms with Gasteiger partial charge in [-0.25, -0.2) is 18.5 Å². The van der Waals surface area contributed by atoms with Crippen molar-refractivity contribution >= 4 is 32.8 Å². The number of hydrogen-bond donors (Lipinski definition) is 11. The molecule has 48 heavy (non-hydrogen) atoms. The molecule has 258 valence electrons. The number of sulfonamides is 1. The van der Waals surface area contributed by atoms with Crippen LogP contribution in [0, 0.1) is 5.41 Å². The van der Waals surface area contributed by atoms with Gasteiger partial charge in [0.15, 0.2) is 0 Å². The SMILES string of the molecule is CN(CC(O)C(O)C(O)C(O)CO)C(=O)C(C)(C)c1cc(-c2nc3ccc(C(=N)N)cc3[nH]2)c(O)c(-c2ccccc2O)c1S(N)(=O)=O. The quantitative estimate of drug-likeness (QED) is 0.0658. The van der Waals surface area contributed by atoms with Gasteiger partial charge in [0.25, 0.3) is 0 Å². The molecule has 0 bridgehead atoms. The van der Waals surface area contributed by atoms with Crippen LogP contribution in [0.2, 0.25) is 0 Å². The Hall–Kier alpha value is -4.62. The summed E-state index contributed by atoms with van der Waals surface area (Å²) in [6, 6.07) is 11.5. The average molecular weight is 687 g/mol. The molecule has 0 aliphatic carbocycles. The summed E-state index contributed by atoms with van der Waals surface area (Å²) in [5.74, 6) is -2.07. The molecule has 4 rings (SSSR count). The van der Waals surface area contributed by atoms with Gasteiger partial charge in [0.05, 0.1) is 33.5 Å². The largest absolute Gasteiger partial charge is 0.507 e. The molecule has 1 aromatic heterocycles. The maximum atomic E-state index is 14.0. The number of H-pyrrole nitrogens is 1. The Bertz CT molecular complexity index is 1980. The van der Waals surface area contributed by atoms with Crippen LogP contribution in [-0.2, 0) is 20.2 Å². The number of para-hydroxylation sites is 1. The second-order valence-corrected chi connectivity index (χ2v) is 13.4. The molecule has 3 aromatic carbocycles. The first-order valence-electron chi connectivity index (χ1n) is 14.5. The minimum absolute atomic E-state index is 0.0219. The molecule has 0 spiro atoms. The molecular formula is C31H38N6O10S. The number of benzene rings is 3. The van der Waals surface area contributed by atoms with Gasteiger partial charge in [-0.3, -0.25) is 10.2 Å². The zero-order chi connectivity index (χ0) is 35.9. The number of nitrogens with zero attached hydrogens (tertiary/aromatic N) is 2. The van der Waals surface area contributed by atoms with Gasteiger partial charge in [-0.2, -0.15) is 0 Å². The van der Waals surface area contributed by atoms with E-state index in [0.29, 0.717) is 16.6 Å². The van der Waals surface area contributed by atoms with E-state index < -0.39 is 80.9 Å². The molecule has 0 saturated carbocycles. The Morgan fingerprint density at radius 3 is 2.23 bits per heavy atom. The normalized spacial score (nSPS) is 14.8. The molecule has 4 aromatic rings. The van der Waals surface area contributed by atoms with Crippen molar-refractivity contribution in [1.29, 1.82) is 5.41 Å². The number of aromatic amines is 1. The number of aliphatic hydroxyl groups is 5. The monoisotopic (exact) mass is 686 g/mol. The summed E-state index contributed by atoms with van der Waals surface area (Å²) in [7, 11) is -3.54. The van der Waals surface area contributed by atoms with E-state index in [1.165, 1.54) is 51.2 Å². The Labute approximate surface area is 275 Å². The maximum absolute atomic E-state index is 14.0. The van der Waals surface area contributed by atoms with Gasteiger partial charge >= 0.3 is 0 Å². The van der Waals surface area contributed by atoms with Crippen molar-refractivity contribution in [3.8, 4) is 34.0 Å². The number of phenolic OH excluding ortho intramolecular Hbond substituents is 2. The number of aromatic nitrogens is 2. The number of amides is 1. The van der Waals surface area contributed by atoms with E-state index in [4.69, 9.17) is 21.4 Å². The average Bonchev–Trinajstić information content (AvgIpc) is 3.46. The van der Waals surface area contributed by atoms with E-state index >= 15 is 0 Å². The summed E-state index contributed by atoms with van der Waals surface area (Å²) >= 11 is 0. The number of amidine groups is 1. The number of hydrogen-bond acceptors (Lipinski definition) is 12. The van der Waals surface area contributed by atoms with E-state index in [1.807, 2.05) is 0 Å². The highest BCUT2D eigenvalue weighted by Crippen LogP contribution is 2.49. The number of carbonyl (C=O) groups is 1. The van der Waals surface area contributed by atoms with Crippen molar-refractivity contribution in [1.82, 2.24) is 14.9 Å². The zero-order valence-corrected chi connectivity index (χ0v) is 27.0. The molecule has 4 unspecified atom stereocenters. The van der Waals surface area contributed by atoms with Gasteiger partial charge in [0.2, 0.25) is 15.9 Å². The number of imidazole rings is 1. The van der Waals surface area contributed by atoms with Crippen LogP contribution < -0.4 is 10.9 Å². The number of carbonyl (C=O) groups excluding carboxylic acids is 1. The second-order valence-electron chi connectivity index (χ2n) is 11.9. The summed E-state index contributed by atoms with van der Waals surface area (Å²) in [5.41, 5.74) is 4.11. The predicted octanol–water partition coefficient (Wildman–Crippen LogP) is -0.589. The highest BCUT2D eigenvalue weighted by atomic mass is 32.2. The first-order valence-corrected chi connectivity index (χ1v) is 16.0. The molecule has 0 radical (unpaired) electrons. The number of likely N-dealkylation sites (N-methyl/N-ethyl adjacent to an activating group) is 1. The summed E-state index contributed by atoms with van der Waals surface area (Å²) in [5, 5.41) is 85.6. The standard InChI is InChI=1S/C31H38N6O10S/c1-31(2,30(45)37(3)12-21(40)25(43)26(44)22(41)13-38)17-11-16(29-35-18-9-8-14(28(32)33)10-19(18)36-29)24(42)23(27(17)48(34,46)47)15-6-4-5-7-20(15)39/h4-11,21-22,25-26,38-44H,12-13H2,1-3H3,(H3,32,33)(H,35,36)(H2,34,46,47). The van der Waals surface area contributed by atoms with Gasteiger partial charge in [-0.05, 0) is 49.7 Å². The fraction of sp³-hybridized carbons (Fsp3) is 0.323. The smallest absolute Gasteiger partial charge is 0.239 e. The third-order valence-electron chi connectivity index (χ3n) is 8.10. The Balaban J connectivity index is 1.96. The number of nitrogens with one attached hydrogen (secondary N) is 2. The Morgan fingerprint density at radius 1 is 1.02 bits per heavy atom. The van der Waals surface area contributed by atoms with Crippen LogP contribution >= 0.6 is 0 Å². The molecule has 0 aliphatic rings. The van der Waals surface area contributed by atoms with Gasteiger partial charge < -0.3 is 51.4 Å². The number of primary sulfonamides is 1. The van der Waals surface area contributed by atoms with Crippen molar-refractivity contribution in [2.24, 2.45) is 10.9 Å². The summed E-state index contributed by atoms with van der Waals surface area (Å²) < 4.78 is 26.7. The van der Waals surface area contributed by atoms with Crippen LogP contribution in [0.5, 0.6) is 11.5 Å². The van der Waals surface area contributed by atoms with Gasteiger partial charge in [0, 0.05) is 30.3 Å². The van der Waals surface area contributed by atoms with Crippen LogP contribution in [0.3, 0.4) is 0 Å². The zero-order valence-electron chi connectivity index (χ0n) is 26.2. The number of rotatable bonds is 12. The second kappa shape index (κ2) is 13.5. The number of phenols is 2. The highest BCUT2D eigenvalue weighted by Gasteiger charge is 2.41. The van der Waals surface area contributed by atoms with Gasteiger partial charge in [-0.1, -0.05) is 18.2 Å². The number of nitrogens with two attached hydrogens (primary N) is 2. The Kier molecular flexibility index (Phi) is 10.2. The summed E-state index contributed by atoms with van der Waals surface area (Å²) in [4.78, 5) is 21.8. The minimum atomic E-state index is -4.78. The van der Waals surface area contributed by atoms with E-state index in [0.717, 1.165) is 4.90 Å². The first-order chi connectivity index (χ1) is 22.3. The van der Waals surface area contributed by atoms with Crippen LogP contribution in [-0.4, -0.2) is 115 Å². The van der Waals surface area contributed by atoms with Crippen molar-refractivity contribution in [3.63, 3.8) is 0 Å². The molecule has 0 saturated heterocycles. The molecule has 17 heteroatoms. The third kappa shape index (κ3) is 6.83. The molecule has 0 fully saturated rings. The van der Waals surface area contributed by atoms with Crippen molar-refractivity contribution in [2.45, 2.75) is 48.6 Å². The molecule has 0 aliphatic heterocycles. The molecule has 13 N–H and O–H groups in total. The number of aliphatic hydroxyl groups excluding tert-OH is 5. The molecular weight excluding hydrogens is 648 g/mol. The van der Waals surface area contributed by atoms with Crippen LogP contribution in [0.25, 0.3) is 33.5 Å². The molecule has 1 amide bonds. The predicted molar refractivity (Wildman–Crippen MR) is 174 cm³/mol. The number of aromatic hydroxyl groups is 2. The lowest BCUT2D eigenvalue weighted by atomic mass is 9.80. The van der Waals surface area contributed by atoms with Crippen molar-refractivity contribution < 1.29 is 49.0 Å². The topological polar surface area (TPSA) is 301 Å². The summed E-state index contributed by atoms with van der Waals surface area (Å²) in [6.07, 6.45) is -7.52. The van der Waals surface area contributed by atoms with Crippen molar-refractivity contribution in [3.05, 3.63) is 59.7 Å². The lowest BCUT2D eigenvalue weighted by molar-refractivity contribution is -0.142. The molecule has 4 atom stereocenters. The van der Waals surface area contributed by atoms with E-state index in [1.54, 1.807) is 18.2 Å². The first kappa shape index (κ1) is 36.2. The van der Waals surface area contributed by atoms with E-state index in [-0.39, 0.29) is 28.4 Å². The minimum Gasteiger partial charge on any atom is -0.507 e. The fourth-order valence-electron chi connectivity index (χ4n) is 5.46. The summed E-state index contributed by atoms with van der Waals surface area (Å²) in [6.45, 7) is 1.20. The van der Waals surface area contributed by atoms with Crippen LogP contribution in [0.4, 0.5) is 0 Å². The van der Waals surface area contributed by atoms with Gasteiger partial charge in [0.1, 0.15) is 47.6 Å². The number of fused-ring (bicyclic) bond motifs is 1. The molecule has 16 nitrogen and oxygen atoms in total. The van der Waals surface area contributed by atoms with Crippen molar-refractivity contribution in [2.75, 3.05) is 20.2 Å². The fourth-order valence-corrected chi connectivity index (χ4v) is 6.57. The Morgan fingerprint density at radius 2 is 1.65 bits per heavy atom. The van der Waals surface area contributed by atoms with E-state index in [9.17, 15) is 43.9 Å². The lowest BCUT2D eigenvalue weighted by Gasteiger charge is -2.34. The van der Waals surface area contributed by atoms with E-state index in [2.05, 4.69) is 9.97 Å². The lowest BCUT2D eigenvalue weighted by Crippen LogP contribution is -2.52. The highest BCUT2D eigenvalue weighted by molar-refractivity contribution is 7.89. The third-order valence-corrected chi connectivity index (χ3v) is 9.09. The number of nitrogen functional groups attached to an aromatic ring is 1. The maximum Gasteiger partial charge on any atom is 0.239 e. The van der Waals surface area contributed by atoms with Crippen LogP contribution in [0.1, 0.15) is 25.0 Å². The van der Waals surface area contributed by atoms with Crippen LogP contribution in [0.15, 0.2) is 53.4 Å². The molecule has 1 heterocycles.